The Balaban J connectivity index is 1.48. The number of nitrogens with one attached hydrogen (secondary N) is 1. The summed E-state index contributed by atoms with van der Waals surface area (Å²) in [7, 11) is 0. The summed E-state index contributed by atoms with van der Waals surface area (Å²) in [5, 5.41) is 23.8. The van der Waals surface area contributed by atoms with Gasteiger partial charge in [-0.05, 0) is 32.9 Å². The van der Waals surface area contributed by atoms with Gasteiger partial charge in [-0.25, -0.2) is 14.6 Å². The van der Waals surface area contributed by atoms with Gasteiger partial charge in [0.2, 0.25) is 0 Å². The Morgan fingerprint density at radius 3 is 2.67 bits per heavy atom. The number of aromatic nitrogens is 4. The molecule has 1 saturated heterocycles. The van der Waals surface area contributed by atoms with Crippen LogP contribution in [0.3, 0.4) is 0 Å². The van der Waals surface area contributed by atoms with Gasteiger partial charge in [0.05, 0.1) is 11.3 Å². The molecule has 2 aromatic heterocycles. The van der Waals surface area contributed by atoms with Crippen LogP contribution >= 0.6 is 0 Å². The van der Waals surface area contributed by atoms with Gasteiger partial charge >= 0.3 is 18.3 Å². The summed E-state index contributed by atoms with van der Waals surface area (Å²) in [5.41, 5.74) is -2.92. The smallest absolute Gasteiger partial charge is 0.444 e. The summed E-state index contributed by atoms with van der Waals surface area (Å²) in [6, 6.07) is 4.67. The number of imidazole rings is 1. The summed E-state index contributed by atoms with van der Waals surface area (Å²) in [4.78, 5) is 45.9. The Labute approximate surface area is 225 Å². The molecule has 2 N–H and O–H groups in total. The van der Waals surface area contributed by atoms with E-state index in [1.807, 2.05) is 0 Å². The number of aliphatic hydroxyl groups is 1. The molecule has 40 heavy (non-hydrogen) atoms. The van der Waals surface area contributed by atoms with Gasteiger partial charge in [0, 0.05) is 18.6 Å². The van der Waals surface area contributed by atoms with Gasteiger partial charge in [0.25, 0.3) is 5.69 Å². The van der Waals surface area contributed by atoms with Crippen molar-refractivity contribution < 1.29 is 43.0 Å². The standard InChI is InChI=1S/C24H23FN6O9/c1-5-24(11-37-22(34)38-14-8-6-13(7-9-14)31(35)36)15(32)10-16(39-24)30-12-26-17-18(27-20(25)29-19(17)30)28-21(33)40-23(2,3)4/h1,6-9,12,15-16,32H,10-11H2,2-4H3,(H,27,28,29,33)/t15-,16+,24+/m0/s1. The second-order valence-corrected chi connectivity index (χ2v) is 9.54. The van der Waals surface area contributed by atoms with Gasteiger partial charge in [-0.1, -0.05) is 5.92 Å². The van der Waals surface area contributed by atoms with Crippen molar-refractivity contribution in [1.82, 2.24) is 19.5 Å². The van der Waals surface area contributed by atoms with E-state index in [9.17, 15) is 29.2 Å². The molecular formula is C24H23FN6O9. The molecule has 0 radical (unpaired) electrons. The van der Waals surface area contributed by atoms with Crippen LogP contribution in [-0.2, 0) is 14.2 Å². The number of anilines is 1. The fourth-order valence-corrected chi connectivity index (χ4v) is 3.74. The number of nitrogens with zero attached hydrogens (tertiary/aromatic N) is 5. The number of rotatable bonds is 6. The minimum Gasteiger partial charge on any atom is -0.444 e. The van der Waals surface area contributed by atoms with Crippen molar-refractivity contribution in [3.8, 4) is 18.1 Å². The maximum atomic E-state index is 14.3. The number of halogens is 1. The lowest BCUT2D eigenvalue weighted by Crippen LogP contribution is -2.43. The van der Waals surface area contributed by atoms with Crippen molar-refractivity contribution in [3.05, 3.63) is 46.8 Å². The Morgan fingerprint density at radius 1 is 1.35 bits per heavy atom. The SMILES string of the molecule is C#C[C@]1(COC(=O)Oc2ccc([N+](=O)[O-])cc2)O[C@@H](n2cnc3c(NC(=O)OC(C)(C)C)nc(F)nc32)C[C@@H]1O. The van der Waals surface area contributed by atoms with Crippen LogP contribution < -0.4 is 10.1 Å². The van der Waals surface area contributed by atoms with E-state index in [-0.39, 0.29) is 34.8 Å². The number of carbonyl (C=O) groups excluding carboxylic acids is 2. The molecule has 0 saturated carbocycles. The van der Waals surface area contributed by atoms with Gasteiger partial charge < -0.3 is 24.1 Å². The highest BCUT2D eigenvalue weighted by Crippen LogP contribution is 2.38. The Morgan fingerprint density at radius 2 is 2.05 bits per heavy atom. The summed E-state index contributed by atoms with van der Waals surface area (Å²) < 4.78 is 36.6. The average molecular weight is 558 g/mol. The van der Waals surface area contributed by atoms with Crippen LogP contribution in [0.4, 0.5) is 25.5 Å². The number of aliphatic hydroxyl groups excluding tert-OH is 1. The monoisotopic (exact) mass is 558 g/mol. The lowest BCUT2D eigenvalue weighted by atomic mass is 9.99. The third-order valence-electron chi connectivity index (χ3n) is 5.53. The number of amides is 1. The highest BCUT2D eigenvalue weighted by atomic mass is 19.1. The van der Waals surface area contributed by atoms with Crippen molar-refractivity contribution in [2.24, 2.45) is 0 Å². The zero-order valence-corrected chi connectivity index (χ0v) is 21.4. The molecule has 0 aliphatic carbocycles. The van der Waals surface area contributed by atoms with Crippen LogP contribution in [-0.4, -0.2) is 65.7 Å². The molecule has 1 amide bonds. The minimum atomic E-state index is -1.82. The Bertz CT molecular complexity index is 1500. The number of ether oxygens (including phenoxy) is 4. The maximum absolute atomic E-state index is 14.3. The zero-order chi connectivity index (χ0) is 29.2. The summed E-state index contributed by atoms with van der Waals surface area (Å²) in [6.07, 6.45) is 1.06. The molecule has 4 rings (SSSR count). The second-order valence-electron chi connectivity index (χ2n) is 9.54. The number of fused-ring (bicyclic) bond motifs is 1. The molecular weight excluding hydrogens is 535 g/mol. The number of benzene rings is 1. The average Bonchev–Trinajstić information content (AvgIpc) is 3.43. The second kappa shape index (κ2) is 10.7. The molecule has 3 heterocycles. The zero-order valence-electron chi connectivity index (χ0n) is 21.4. The van der Waals surface area contributed by atoms with Crippen molar-refractivity contribution in [2.45, 2.75) is 50.7 Å². The van der Waals surface area contributed by atoms with Gasteiger partial charge in [-0.2, -0.15) is 14.4 Å². The number of nitro groups is 1. The Hall–Kier alpha value is -4.88. The number of hydrogen-bond donors (Lipinski definition) is 2. The van der Waals surface area contributed by atoms with Crippen LogP contribution in [0.25, 0.3) is 11.2 Å². The van der Waals surface area contributed by atoms with Crippen LogP contribution in [0, 0.1) is 28.5 Å². The van der Waals surface area contributed by atoms with Gasteiger partial charge in [0.1, 0.15) is 30.3 Å². The molecule has 0 spiro atoms. The van der Waals surface area contributed by atoms with Crippen molar-refractivity contribution in [2.75, 3.05) is 11.9 Å². The molecule has 15 nitrogen and oxygen atoms in total. The first kappa shape index (κ1) is 28.1. The van der Waals surface area contributed by atoms with Gasteiger partial charge in [-0.15, -0.1) is 6.42 Å². The molecule has 0 bridgehead atoms. The summed E-state index contributed by atoms with van der Waals surface area (Å²) >= 11 is 0. The molecule has 3 atom stereocenters. The molecule has 1 aliphatic heterocycles. The van der Waals surface area contributed by atoms with Crippen molar-refractivity contribution in [1.29, 1.82) is 0 Å². The molecule has 210 valence electrons. The topological polar surface area (TPSA) is 190 Å². The first-order valence-corrected chi connectivity index (χ1v) is 11.6. The molecule has 1 aliphatic rings. The highest BCUT2D eigenvalue weighted by Gasteiger charge is 2.49. The van der Waals surface area contributed by atoms with E-state index >= 15 is 0 Å². The van der Waals surface area contributed by atoms with Gasteiger partial charge in [0.15, 0.2) is 22.6 Å². The maximum Gasteiger partial charge on any atom is 0.513 e. The largest absolute Gasteiger partial charge is 0.513 e. The van der Waals surface area contributed by atoms with Crippen LogP contribution in [0.5, 0.6) is 5.75 Å². The molecule has 3 aromatic rings. The lowest BCUT2D eigenvalue weighted by Gasteiger charge is -2.25. The highest BCUT2D eigenvalue weighted by molar-refractivity contribution is 5.93. The first-order chi connectivity index (χ1) is 18.8. The third kappa shape index (κ3) is 6.06. The lowest BCUT2D eigenvalue weighted by molar-refractivity contribution is -0.384. The summed E-state index contributed by atoms with van der Waals surface area (Å²) in [5.74, 6) is 2.00. The Kier molecular flexibility index (Phi) is 7.53. The number of hydrogen-bond acceptors (Lipinski definition) is 12. The van der Waals surface area contributed by atoms with Crippen molar-refractivity contribution >= 4 is 34.9 Å². The predicted octanol–water partition coefficient (Wildman–Crippen LogP) is 3.09. The van der Waals surface area contributed by atoms with E-state index in [0.29, 0.717) is 0 Å². The molecule has 1 aromatic carbocycles. The minimum absolute atomic E-state index is 0.00600. The van der Waals surface area contributed by atoms with E-state index < -0.39 is 53.4 Å². The first-order valence-electron chi connectivity index (χ1n) is 11.6. The quantitative estimate of drug-likeness (QED) is 0.112. The number of carbonyl (C=O) groups is 2. The van der Waals surface area contributed by atoms with E-state index in [4.69, 9.17) is 25.4 Å². The predicted molar refractivity (Wildman–Crippen MR) is 133 cm³/mol. The normalized spacial score (nSPS) is 20.5. The van der Waals surface area contributed by atoms with Crippen LogP contribution in [0.15, 0.2) is 30.6 Å². The van der Waals surface area contributed by atoms with E-state index in [1.165, 1.54) is 23.0 Å². The van der Waals surface area contributed by atoms with Gasteiger partial charge in [-0.3, -0.25) is 20.0 Å². The van der Waals surface area contributed by atoms with E-state index in [0.717, 1.165) is 12.1 Å². The van der Waals surface area contributed by atoms with Crippen molar-refractivity contribution in [3.63, 3.8) is 0 Å². The molecule has 1 fully saturated rings. The number of terminal acetylenes is 1. The van der Waals surface area contributed by atoms with E-state index in [2.05, 4.69) is 26.2 Å². The number of nitro benzene ring substituents is 1. The van der Waals surface area contributed by atoms with Crippen LogP contribution in [0.1, 0.15) is 33.4 Å². The molecule has 16 heteroatoms. The summed E-state index contributed by atoms with van der Waals surface area (Å²) in [6.45, 7) is 4.32. The van der Waals surface area contributed by atoms with E-state index in [1.54, 1.807) is 20.8 Å². The molecule has 0 unspecified atom stereocenters. The fourth-order valence-electron chi connectivity index (χ4n) is 3.74. The van der Waals surface area contributed by atoms with Crippen LogP contribution in [0.2, 0.25) is 0 Å². The fraction of sp³-hybridized carbons (Fsp3) is 0.375. The third-order valence-corrected chi connectivity index (χ3v) is 5.53. The number of non-ortho nitro benzene ring substituents is 1.